The average molecular weight is 298 g/mol. The van der Waals surface area contributed by atoms with Crippen molar-refractivity contribution in [2.45, 2.75) is 25.6 Å². The van der Waals surface area contributed by atoms with Crippen molar-refractivity contribution in [2.24, 2.45) is 5.73 Å². The molecule has 0 bridgehead atoms. The largest absolute Gasteiger partial charge is 0.457 e. The first-order valence-corrected chi connectivity index (χ1v) is 7.65. The minimum atomic E-state index is -0.358. The van der Waals surface area contributed by atoms with Gasteiger partial charge in [-0.1, -0.05) is 24.3 Å². The second kappa shape index (κ2) is 6.48. The number of aliphatic hydroxyl groups is 1. The third kappa shape index (κ3) is 3.14. The van der Waals surface area contributed by atoms with E-state index in [9.17, 15) is 5.11 Å². The van der Waals surface area contributed by atoms with E-state index in [1.54, 1.807) is 6.92 Å². The first kappa shape index (κ1) is 15.0. The van der Waals surface area contributed by atoms with Crippen molar-refractivity contribution < 1.29 is 9.84 Å². The zero-order valence-electron chi connectivity index (χ0n) is 12.8. The van der Waals surface area contributed by atoms with Crippen molar-refractivity contribution >= 4 is 0 Å². The Morgan fingerprint density at radius 3 is 2.68 bits per heavy atom. The lowest BCUT2D eigenvalue weighted by Gasteiger charge is -2.24. The Hall–Kier alpha value is -1.88. The van der Waals surface area contributed by atoms with E-state index in [1.165, 1.54) is 11.1 Å². The Labute approximate surface area is 131 Å². The van der Waals surface area contributed by atoms with Gasteiger partial charge in [0.15, 0.2) is 0 Å². The summed E-state index contributed by atoms with van der Waals surface area (Å²) in [7, 11) is 0. The predicted molar refractivity (Wildman–Crippen MR) is 86.8 cm³/mol. The highest BCUT2D eigenvalue weighted by atomic mass is 16.5. The molecule has 3 N–H and O–H groups in total. The molecule has 1 aliphatic rings. The maximum Gasteiger partial charge on any atom is 0.127 e. The molecule has 2 unspecified atom stereocenters. The minimum Gasteiger partial charge on any atom is -0.457 e. The van der Waals surface area contributed by atoms with Gasteiger partial charge in [-0.25, -0.2) is 0 Å². The number of fused-ring (bicyclic) bond motifs is 1. The molecule has 0 aromatic heterocycles. The SMILES string of the molecule is CC(O)CN1Cc2ccc(Oc3ccccc3)cc2C1CN. The maximum absolute atomic E-state index is 9.65. The van der Waals surface area contributed by atoms with E-state index < -0.39 is 0 Å². The molecular weight excluding hydrogens is 276 g/mol. The van der Waals surface area contributed by atoms with E-state index in [0.29, 0.717) is 13.1 Å². The molecule has 0 spiro atoms. The molecule has 2 atom stereocenters. The number of nitrogens with zero attached hydrogens (tertiary/aromatic N) is 1. The fourth-order valence-corrected chi connectivity index (χ4v) is 3.05. The van der Waals surface area contributed by atoms with Crippen molar-refractivity contribution in [2.75, 3.05) is 13.1 Å². The number of aliphatic hydroxyl groups excluding tert-OH is 1. The second-order valence-corrected chi connectivity index (χ2v) is 5.81. The van der Waals surface area contributed by atoms with Crippen LogP contribution in [-0.2, 0) is 6.54 Å². The fraction of sp³-hybridized carbons (Fsp3) is 0.333. The molecule has 0 aliphatic carbocycles. The summed E-state index contributed by atoms with van der Waals surface area (Å²) in [5, 5.41) is 9.65. The summed E-state index contributed by atoms with van der Waals surface area (Å²) >= 11 is 0. The van der Waals surface area contributed by atoms with Crippen LogP contribution in [0, 0.1) is 0 Å². The van der Waals surface area contributed by atoms with Crippen LogP contribution in [0.1, 0.15) is 24.1 Å². The lowest BCUT2D eigenvalue weighted by molar-refractivity contribution is 0.105. The van der Waals surface area contributed by atoms with E-state index in [0.717, 1.165) is 18.0 Å². The monoisotopic (exact) mass is 298 g/mol. The van der Waals surface area contributed by atoms with Crippen LogP contribution in [-0.4, -0.2) is 29.2 Å². The molecule has 0 fully saturated rings. The Morgan fingerprint density at radius 1 is 1.23 bits per heavy atom. The minimum absolute atomic E-state index is 0.143. The normalized spacial score (nSPS) is 19.0. The van der Waals surface area contributed by atoms with Crippen molar-refractivity contribution in [1.29, 1.82) is 0 Å². The van der Waals surface area contributed by atoms with Crippen molar-refractivity contribution in [3.05, 3.63) is 59.7 Å². The Kier molecular flexibility index (Phi) is 4.43. The summed E-state index contributed by atoms with van der Waals surface area (Å²) < 4.78 is 5.90. The highest BCUT2D eigenvalue weighted by Gasteiger charge is 2.30. The molecule has 1 heterocycles. The van der Waals surface area contributed by atoms with Crippen LogP contribution in [0.2, 0.25) is 0 Å². The number of benzene rings is 2. The molecule has 3 rings (SSSR count). The summed E-state index contributed by atoms with van der Waals surface area (Å²) in [6.45, 7) is 3.80. The van der Waals surface area contributed by atoms with Crippen LogP contribution in [0.4, 0.5) is 0 Å². The van der Waals surface area contributed by atoms with E-state index in [4.69, 9.17) is 10.5 Å². The molecule has 0 saturated heterocycles. The number of hydrogen-bond acceptors (Lipinski definition) is 4. The van der Waals surface area contributed by atoms with Gasteiger partial charge < -0.3 is 15.6 Å². The molecular formula is C18H22N2O2. The zero-order valence-corrected chi connectivity index (χ0v) is 12.8. The summed E-state index contributed by atoms with van der Waals surface area (Å²) in [5.41, 5.74) is 8.42. The van der Waals surface area contributed by atoms with E-state index >= 15 is 0 Å². The molecule has 2 aromatic rings. The molecule has 116 valence electrons. The topological polar surface area (TPSA) is 58.7 Å². The van der Waals surface area contributed by atoms with Crippen LogP contribution >= 0.6 is 0 Å². The van der Waals surface area contributed by atoms with Crippen LogP contribution in [0.3, 0.4) is 0 Å². The first-order chi connectivity index (χ1) is 10.7. The van der Waals surface area contributed by atoms with Crippen molar-refractivity contribution in [3.8, 4) is 11.5 Å². The molecule has 0 radical (unpaired) electrons. The summed E-state index contributed by atoms with van der Waals surface area (Å²) in [5.74, 6) is 1.65. The van der Waals surface area contributed by atoms with Crippen LogP contribution in [0.5, 0.6) is 11.5 Å². The molecule has 4 heteroatoms. The third-order valence-electron chi connectivity index (χ3n) is 3.99. The molecule has 22 heavy (non-hydrogen) atoms. The van der Waals surface area contributed by atoms with Gasteiger partial charge in [0, 0.05) is 25.7 Å². The summed E-state index contributed by atoms with van der Waals surface area (Å²) in [6, 6.07) is 16.1. The van der Waals surface area contributed by atoms with Gasteiger partial charge in [-0.3, -0.25) is 4.90 Å². The molecule has 0 amide bonds. The van der Waals surface area contributed by atoms with Crippen molar-refractivity contribution in [1.82, 2.24) is 4.90 Å². The van der Waals surface area contributed by atoms with Crippen LogP contribution < -0.4 is 10.5 Å². The number of rotatable bonds is 5. The Bertz CT molecular complexity index is 628. The lowest BCUT2D eigenvalue weighted by atomic mass is 10.0. The lowest BCUT2D eigenvalue weighted by Crippen LogP contribution is -2.33. The Morgan fingerprint density at radius 2 is 2.00 bits per heavy atom. The zero-order chi connectivity index (χ0) is 15.5. The van der Waals surface area contributed by atoms with Gasteiger partial charge in [-0.2, -0.15) is 0 Å². The maximum atomic E-state index is 9.65. The van der Waals surface area contributed by atoms with Gasteiger partial charge in [0.2, 0.25) is 0 Å². The van der Waals surface area contributed by atoms with Gasteiger partial charge in [0.05, 0.1) is 6.10 Å². The predicted octanol–water partition coefficient (Wildman–Crippen LogP) is 2.68. The quantitative estimate of drug-likeness (QED) is 0.891. The summed E-state index contributed by atoms with van der Waals surface area (Å²) in [4.78, 5) is 2.22. The smallest absolute Gasteiger partial charge is 0.127 e. The second-order valence-electron chi connectivity index (χ2n) is 5.81. The van der Waals surface area contributed by atoms with Gasteiger partial charge in [-0.15, -0.1) is 0 Å². The van der Waals surface area contributed by atoms with E-state index in [1.807, 2.05) is 36.4 Å². The number of β-amino-alcohol motifs (C(OH)–C–C–N with tert-alkyl or cyclic N) is 1. The summed E-state index contributed by atoms with van der Waals surface area (Å²) in [6.07, 6.45) is -0.358. The van der Waals surface area contributed by atoms with Crippen LogP contribution in [0.25, 0.3) is 0 Å². The number of ether oxygens (including phenoxy) is 1. The first-order valence-electron chi connectivity index (χ1n) is 7.65. The van der Waals surface area contributed by atoms with Gasteiger partial charge in [0.1, 0.15) is 11.5 Å². The molecule has 2 aromatic carbocycles. The van der Waals surface area contributed by atoms with Crippen LogP contribution in [0.15, 0.2) is 48.5 Å². The number of hydrogen-bond donors (Lipinski definition) is 2. The van der Waals surface area contributed by atoms with Gasteiger partial charge >= 0.3 is 0 Å². The molecule has 4 nitrogen and oxygen atoms in total. The van der Waals surface area contributed by atoms with Gasteiger partial charge in [0.25, 0.3) is 0 Å². The van der Waals surface area contributed by atoms with Gasteiger partial charge in [-0.05, 0) is 42.3 Å². The molecule has 1 aliphatic heterocycles. The fourth-order valence-electron chi connectivity index (χ4n) is 3.05. The highest BCUT2D eigenvalue weighted by molar-refractivity contribution is 5.42. The number of nitrogens with two attached hydrogens (primary N) is 1. The Balaban J connectivity index is 1.82. The van der Waals surface area contributed by atoms with E-state index in [-0.39, 0.29) is 12.1 Å². The van der Waals surface area contributed by atoms with E-state index in [2.05, 4.69) is 17.0 Å². The molecule has 0 saturated carbocycles. The average Bonchev–Trinajstić information content (AvgIpc) is 2.84. The standard InChI is InChI=1S/C18H22N2O2/c1-13(21)11-20-12-14-7-8-16(9-17(14)18(20)10-19)22-15-5-3-2-4-6-15/h2-9,13,18,21H,10-12,19H2,1H3. The highest BCUT2D eigenvalue weighted by Crippen LogP contribution is 2.36. The third-order valence-corrected chi connectivity index (χ3v) is 3.99. The number of para-hydroxylation sites is 1. The van der Waals surface area contributed by atoms with Crippen molar-refractivity contribution in [3.63, 3.8) is 0 Å².